The Bertz CT molecular complexity index is 2570. The first kappa shape index (κ1) is 59.1. The van der Waals surface area contributed by atoms with Gasteiger partial charge in [0.2, 0.25) is 0 Å². The largest absolute Gasteiger partial charge is 0.508 e. The summed E-state index contributed by atoms with van der Waals surface area (Å²) in [5.41, 5.74) is 13.1. The topological polar surface area (TPSA) is 204 Å². The van der Waals surface area contributed by atoms with E-state index in [4.69, 9.17) is 5.73 Å². The number of hydrogen-bond donors (Lipinski definition) is 10. The zero-order valence-electron chi connectivity index (χ0n) is 48.5. The molecule has 9 rings (SSSR count). The molecule has 1 aliphatic heterocycles. The lowest BCUT2D eigenvalue weighted by Crippen LogP contribution is -2.52. The number of aliphatic hydroxyl groups is 3. The summed E-state index contributed by atoms with van der Waals surface area (Å²) in [5, 5.41) is 79.9. The third kappa shape index (κ3) is 13.5. The Balaban J connectivity index is 1.11. The second-order valence-electron chi connectivity index (χ2n) is 26.2. The highest BCUT2D eigenvalue weighted by Gasteiger charge is 2.60. The molecule has 79 heavy (non-hydrogen) atoms. The molecule has 434 valence electrons. The number of nitrogens with two attached hydrogens (primary N) is 1. The molecule has 0 amide bonds. The van der Waals surface area contributed by atoms with Crippen LogP contribution in [0.15, 0.2) is 78.2 Å². The minimum Gasteiger partial charge on any atom is -0.508 e. The van der Waals surface area contributed by atoms with E-state index in [2.05, 4.69) is 97.9 Å². The van der Waals surface area contributed by atoms with Gasteiger partial charge in [-0.15, -0.1) is 0 Å². The van der Waals surface area contributed by atoms with Crippen molar-refractivity contribution >= 4 is 5.97 Å². The van der Waals surface area contributed by atoms with Crippen molar-refractivity contribution < 1.29 is 35.4 Å². The molecule has 2 aromatic carbocycles. The van der Waals surface area contributed by atoms with Crippen LogP contribution in [0.25, 0.3) is 11.3 Å². The van der Waals surface area contributed by atoms with Gasteiger partial charge in [-0.25, -0.2) is 0 Å². The number of aromatic amines is 1. The number of H-pyrrole nitrogens is 1. The van der Waals surface area contributed by atoms with Crippen molar-refractivity contribution in [3.8, 4) is 22.8 Å². The summed E-state index contributed by atoms with van der Waals surface area (Å²) >= 11 is 0. The first-order valence-electron chi connectivity index (χ1n) is 31.6. The summed E-state index contributed by atoms with van der Waals surface area (Å²) in [7, 11) is 0. The van der Waals surface area contributed by atoms with E-state index in [1.54, 1.807) is 6.07 Å². The average Bonchev–Trinajstić information content (AvgIpc) is 4.08. The highest BCUT2D eigenvalue weighted by atomic mass is 16.4. The smallest absolute Gasteiger partial charge is 0.309 e. The van der Waals surface area contributed by atoms with Crippen LogP contribution in [-0.4, -0.2) is 78.5 Å². The lowest BCUT2D eigenvalue weighted by molar-refractivity contribution is -0.152. The molecule has 5 aliphatic carbocycles. The fraction of sp³-hybridized carbons (Fsp3) is 0.662. The minimum absolute atomic E-state index is 0.0184. The number of allylic oxidation sites excluding steroid dienone is 3. The van der Waals surface area contributed by atoms with Crippen LogP contribution in [0.3, 0.4) is 0 Å². The summed E-state index contributed by atoms with van der Waals surface area (Å²) in [6, 6.07) is 14.3. The number of nitrogens with one attached hydrogen (secondary N) is 3. The molecule has 6 aliphatic rings. The summed E-state index contributed by atoms with van der Waals surface area (Å²) in [6.07, 6.45) is 29.9. The number of phenolic OH excluding ortho intramolecular Hbond substituents is 2. The molecule has 11 heteroatoms. The van der Waals surface area contributed by atoms with Crippen LogP contribution in [-0.2, 0) is 17.6 Å². The molecule has 4 saturated carbocycles. The lowest BCUT2D eigenvalue weighted by atomic mass is 9.65. The molecule has 3 aromatic rings. The van der Waals surface area contributed by atoms with Crippen molar-refractivity contribution in [1.82, 2.24) is 15.6 Å². The number of hydrogen-bond acceptors (Lipinski definition) is 9. The maximum Gasteiger partial charge on any atom is 0.309 e. The number of aliphatic carboxylic acids is 1. The van der Waals surface area contributed by atoms with E-state index < -0.39 is 29.5 Å². The number of carbonyl (C=O) groups is 1. The van der Waals surface area contributed by atoms with Crippen LogP contribution < -0.4 is 16.4 Å². The fourth-order valence-corrected chi connectivity index (χ4v) is 16.5. The van der Waals surface area contributed by atoms with E-state index in [-0.39, 0.29) is 59.0 Å². The third-order valence-corrected chi connectivity index (χ3v) is 21.0. The molecule has 0 spiro atoms. The van der Waals surface area contributed by atoms with Gasteiger partial charge < -0.3 is 52.0 Å². The van der Waals surface area contributed by atoms with Gasteiger partial charge in [0.1, 0.15) is 11.5 Å². The monoisotopic (exact) mass is 1080 g/mol. The molecule has 0 radical (unpaired) electrons. The number of aromatic nitrogens is 1. The number of phenols is 2. The minimum atomic E-state index is -1.26. The highest BCUT2D eigenvalue weighted by Crippen LogP contribution is 2.63. The molecule has 0 bridgehead atoms. The van der Waals surface area contributed by atoms with Gasteiger partial charge in [-0.1, -0.05) is 134 Å². The van der Waals surface area contributed by atoms with Gasteiger partial charge >= 0.3 is 5.97 Å². The zero-order chi connectivity index (χ0) is 55.8. The molecule has 0 saturated heterocycles. The number of unbranched alkanes of at least 4 members (excludes halogenated alkanes) is 3. The summed E-state index contributed by atoms with van der Waals surface area (Å²) in [6.45, 7) is 9.89. The molecule has 11 atom stereocenters. The van der Waals surface area contributed by atoms with E-state index in [9.17, 15) is 35.4 Å². The van der Waals surface area contributed by atoms with Gasteiger partial charge in [0.25, 0.3) is 0 Å². The van der Waals surface area contributed by atoms with Gasteiger partial charge in [-0.05, 0) is 165 Å². The van der Waals surface area contributed by atoms with E-state index >= 15 is 0 Å². The van der Waals surface area contributed by atoms with Crippen LogP contribution >= 0.6 is 0 Å². The molecule has 11 unspecified atom stereocenters. The molecule has 1 aromatic heterocycles. The first-order valence-corrected chi connectivity index (χ1v) is 31.6. The Morgan fingerprint density at radius 3 is 2.29 bits per heavy atom. The number of fused-ring (bicyclic) bond motifs is 1. The number of aliphatic hydroxyl groups excluding tert-OH is 2. The van der Waals surface area contributed by atoms with E-state index in [0.717, 1.165) is 124 Å². The van der Waals surface area contributed by atoms with Crippen LogP contribution in [0.2, 0.25) is 0 Å². The maximum atomic E-state index is 14.4. The Labute approximate surface area is 473 Å². The number of aryl methyl sites for hydroxylation is 1. The summed E-state index contributed by atoms with van der Waals surface area (Å²) in [5.74, 6) is -1.44. The van der Waals surface area contributed by atoms with Gasteiger partial charge in [-0.2, -0.15) is 0 Å². The van der Waals surface area contributed by atoms with E-state index in [1.165, 1.54) is 42.9 Å². The Morgan fingerprint density at radius 2 is 1.59 bits per heavy atom. The SMILES string of the molecule is CCCCCC1C=CC(CCCCC2CCC(c3cc(CC)c(-c4cc(O)cc(O)c4Cc4ccc(C(C)C)cc4)[nH]3)C3CC(C4(C5=CCNC(N)=C5)CCCC4)CC3(O)C(CNC3CCCCC3)CC(O)C2C(=O)O)C(O)C1. The number of carboxylic acids is 1. The van der Waals surface area contributed by atoms with Gasteiger partial charge in [-0.3, -0.25) is 4.79 Å². The Morgan fingerprint density at radius 1 is 0.848 bits per heavy atom. The molecular formula is C68H100N4O7. The second kappa shape index (κ2) is 26.6. The van der Waals surface area contributed by atoms with Gasteiger partial charge in [0.15, 0.2) is 0 Å². The van der Waals surface area contributed by atoms with Crippen LogP contribution in [0.5, 0.6) is 11.5 Å². The fourth-order valence-electron chi connectivity index (χ4n) is 16.5. The summed E-state index contributed by atoms with van der Waals surface area (Å²) in [4.78, 5) is 17.9. The summed E-state index contributed by atoms with van der Waals surface area (Å²) < 4.78 is 0. The zero-order valence-corrected chi connectivity index (χ0v) is 48.5. The third-order valence-electron chi connectivity index (χ3n) is 21.0. The predicted molar refractivity (Wildman–Crippen MR) is 318 cm³/mol. The van der Waals surface area contributed by atoms with E-state index in [1.807, 2.05) is 0 Å². The van der Waals surface area contributed by atoms with Gasteiger partial charge in [0.05, 0.1) is 29.5 Å². The normalized spacial score (nSPS) is 30.4. The average molecular weight is 1090 g/mol. The second-order valence-corrected chi connectivity index (χ2v) is 26.2. The standard InChI is InChI=1S/C68H100N4O7/c1-5-7-9-16-44-23-26-48(60(74)34-44)17-12-13-18-49-27-28-55(59-35-46(6-2)65(72-59)57-39-54(73)40-61(75)56(57)33-45-21-24-47(25-22-45)43(3)4)58-36-51(67(30-14-15-31-67)50-29-32-70-63(69)38-50)41-68(58,79)52(37-62(76)64(49)66(77)78)42-71-53-19-10-8-11-20-53/h21-26,29,35,38-40,43-44,48-49,51-53,55,58,60,62,64,70-76,79H,5-20,27-28,30-34,36-37,41-42,69H2,1-4H3,(H,77,78). The number of carboxylic acid groups (broad SMARTS) is 1. The number of rotatable bonds is 21. The first-order chi connectivity index (χ1) is 38.1. The number of benzene rings is 2. The lowest BCUT2D eigenvalue weighted by Gasteiger charge is -2.45. The molecular weight excluding hydrogens is 985 g/mol. The van der Waals surface area contributed by atoms with Crippen molar-refractivity contribution in [2.75, 3.05) is 13.1 Å². The highest BCUT2D eigenvalue weighted by molar-refractivity contribution is 5.73. The predicted octanol–water partition coefficient (Wildman–Crippen LogP) is 13.2. The number of dihydropyridines is 1. The molecule has 11 N–H and O–H groups in total. The van der Waals surface area contributed by atoms with Crippen LogP contribution in [0, 0.1) is 46.8 Å². The van der Waals surface area contributed by atoms with Crippen LogP contribution in [0.1, 0.15) is 215 Å². The maximum absolute atomic E-state index is 14.4. The van der Waals surface area contributed by atoms with Crippen molar-refractivity contribution in [2.24, 2.45) is 52.6 Å². The molecule has 2 heterocycles. The van der Waals surface area contributed by atoms with Crippen molar-refractivity contribution in [3.05, 3.63) is 106 Å². The Hall–Kier alpha value is -4.55. The van der Waals surface area contributed by atoms with Crippen molar-refractivity contribution in [3.63, 3.8) is 0 Å². The van der Waals surface area contributed by atoms with E-state index in [0.29, 0.717) is 75.3 Å². The van der Waals surface area contributed by atoms with Crippen molar-refractivity contribution in [1.29, 1.82) is 0 Å². The van der Waals surface area contributed by atoms with Crippen molar-refractivity contribution in [2.45, 2.75) is 224 Å². The quantitative estimate of drug-likeness (QED) is 0.0361. The van der Waals surface area contributed by atoms with Crippen LogP contribution in [0.4, 0.5) is 0 Å². The van der Waals surface area contributed by atoms with Gasteiger partial charge in [0, 0.05) is 71.9 Å². The number of aromatic hydroxyl groups is 2. The Kier molecular flexibility index (Phi) is 19.9. The molecule has 11 nitrogen and oxygen atoms in total. The molecule has 4 fully saturated rings.